The number of halogens is 6. The van der Waals surface area contributed by atoms with E-state index in [4.69, 9.17) is 14.0 Å². The molecule has 36 heavy (non-hydrogen) atoms. The molecular weight excluding hydrogens is 480 g/mol. The predicted molar refractivity (Wildman–Crippen MR) is 127 cm³/mol. The normalized spacial score (nSPS) is 16.6. The number of hydrogen-bond acceptors (Lipinski definition) is 1. The van der Waals surface area contributed by atoms with E-state index in [2.05, 4.69) is 0 Å². The summed E-state index contributed by atoms with van der Waals surface area (Å²) < 4.78 is 147. The lowest BCUT2D eigenvalue weighted by Gasteiger charge is -2.18. The molecule has 0 aliphatic heterocycles. The Morgan fingerprint density at radius 3 is 2.08 bits per heavy atom. The number of pyridine rings is 1. The van der Waals surface area contributed by atoms with Crippen LogP contribution in [0.1, 0.15) is 62.9 Å². The minimum absolute atomic E-state index is 0.0151. The van der Waals surface area contributed by atoms with Crippen molar-refractivity contribution >= 4 is 11.0 Å². The minimum Gasteiger partial charge on any atom is -0.451 e. The Hall–Kier alpha value is -3.29. The van der Waals surface area contributed by atoms with Crippen LogP contribution in [0, 0.1) is 20.6 Å². The average Bonchev–Trinajstić information content (AvgIpc) is 3.21. The first-order valence-electron chi connectivity index (χ1n) is 14.2. The van der Waals surface area contributed by atoms with Gasteiger partial charge in [-0.1, -0.05) is 32.0 Å². The molecule has 0 amide bonds. The molecule has 4 rings (SSSR count). The third kappa shape index (κ3) is 4.27. The summed E-state index contributed by atoms with van der Waals surface area (Å²) in [6.45, 7) is -1.60. The quantitative estimate of drug-likeness (QED) is 0.198. The van der Waals surface area contributed by atoms with E-state index in [1.54, 1.807) is 0 Å². The van der Waals surface area contributed by atoms with Crippen molar-refractivity contribution in [3.8, 4) is 22.4 Å². The molecule has 2 heterocycles. The van der Waals surface area contributed by atoms with Crippen molar-refractivity contribution in [2.24, 2.45) is 7.05 Å². The average molecular weight is 514 g/mol. The molecule has 2 aromatic carbocycles. The number of hydrogen-bond donors (Lipinski definition) is 0. The minimum atomic E-state index is -5.50. The van der Waals surface area contributed by atoms with Gasteiger partial charge in [0, 0.05) is 27.1 Å². The van der Waals surface area contributed by atoms with Gasteiger partial charge in [-0.05, 0) is 66.0 Å². The number of aromatic nitrogens is 1. The van der Waals surface area contributed by atoms with Crippen molar-refractivity contribution in [3.63, 3.8) is 0 Å². The van der Waals surface area contributed by atoms with Crippen LogP contribution in [0.15, 0.2) is 47.0 Å². The van der Waals surface area contributed by atoms with Gasteiger partial charge in [0.05, 0.1) is 5.56 Å². The number of nitrogens with zero attached hydrogens (tertiary/aromatic N) is 1. The van der Waals surface area contributed by atoms with Gasteiger partial charge in [-0.15, -0.1) is 0 Å². The van der Waals surface area contributed by atoms with Crippen LogP contribution in [0.25, 0.3) is 33.4 Å². The molecule has 0 aliphatic carbocycles. The summed E-state index contributed by atoms with van der Waals surface area (Å²) in [5.74, 6) is -4.14. The molecule has 0 bridgehead atoms. The molecule has 190 valence electrons. The van der Waals surface area contributed by atoms with Crippen LogP contribution in [0.3, 0.4) is 0 Å². The van der Waals surface area contributed by atoms with Crippen molar-refractivity contribution in [2.45, 2.75) is 52.7 Å². The van der Waals surface area contributed by atoms with Gasteiger partial charge in [0.1, 0.15) is 18.2 Å². The third-order valence-electron chi connectivity index (χ3n) is 5.98. The Balaban J connectivity index is 2.21. The van der Waals surface area contributed by atoms with Gasteiger partial charge in [-0.3, -0.25) is 0 Å². The molecule has 0 atom stereocenters. The second-order valence-electron chi connectivity index (χ2n) is 8.76. The summed E-state index contributed by atoms with van der Waals surface area (Å²) in [5, 5.41) is -0.920. The van der Waals surface area contributed by atoms with Crippen molar-refractivity contribution in [2.75, 3.05) is 0 Å². The van der Waals surface area contributed by atoms with Gasteiger partial charge in [-0.25, -0.2) is 4.57 Å². The zero-order valence-electron chi connectivity index (χ0n) is 26.7. The monoisotopic (exact) mass is 513 g/mol. The van der Waals surface area contributed by atoms with Crippen molar-refractivity contribution in [1.29, 1.82) is 0 Å². The van der Waals surface area contributed by atoms with Gasteiger partial charge < -0.3 is 4.42 Å². The molecular formula is C28H26F6NO+. The van der Waals surface area contributed by atoms with Crippen LogP contribution in [0.4, 0.5) is 26.3 Å². The number of aryl methyl sites for hydroxylation is 4. The van der Waals surface area contributed by atoms with Crippen LogP contribution in [-0.2, 0) is 19.4 Å². The molecule has 0 radical (unpaired) electrons. The second-order valence-corrected chi connectivity index (χ2v) is 8.76. The van der Waals surface area contributed by atoms with Gasteiger partial charge in [0.25, 0.3) is 0 Å². The lowest BCUT2D eigenvalue weighted by Crippen LogP contribution is -2.31. The number of fused-ring (bicyclic) bond motifs is 1. The fraction of sp³-hybridized carbons (Fsp3) is 0.321. The van der Waals surface area contributed by atoms with Crippen LogP contribution in [-0.4, -0.2) is 0 Å². The molecule has 0 unspecified atom stereocenters. The Kier molecular flexibility index (Phi) is 4.35. The molecule has 0 aliphatic rings. The SMILES string of the molecule is [2H]C([2H])([2H])c1cccc(C([2H])([2H])[2H])c1-c1cc[n+](C)c(-c2c(C)cc3oc(C(F)(F)F)c(C(F)(F)F)c3c2C([2H])(C)C)c1. The summed E-state index contributed by atoms with van der Waals surface area (Å²) in [4.78, 5) is 0. The molecule has 0 saturated heterocycles. The van der Waals surface area contributed by atoms with Crippen LogP contribution < -0.4 is 4.57 Å². The van der Waals surface area contributed by atoms with E-state index in [9.17, 15) is 26.3 Å². The van der Waals surface area contributed by atoms with E-state index in [1.165, 1.54) is 68.9 Å². The first kappa shape index (κ1) is 18.0. The summed E-state index contributed by atoms with van der Waals surface area (Å²) >= 11 is 0. The first-order chi connectivity index (χ1) is 19.3. The summed E-state index contributed by atoms with van der Waals surface area (Å²) in [7, 11) is 1.50. The van der Waals surface area contributed by atoms with Gasteiger partial charge in [0.15, 0.2) is 6.20 Å². The third-order valence-corrected chi connectivity index (χ3v) is 5.98. The van der Waals surface area contributed by atoms with Crippen LogP contribution >= 0.6 is 0 Å². The predicted octanol–water partition coefficient (Wildman–Crippen LogP) is 8.68. The summed E-state index contributed by atoms with van der Waals surface area (Å²) in [6.07, 6.45) is -9.56. The summed E-state index contributed by atoms with van der Waals surface area (Å²) in [5.41, 5.74) is -3.49. The molecule has 2 nitrogen and oxygen atoms in total. The molecule has 8 heteroatoms. The highest BCUT2D eigenvalue weighted by molar-refractivity contribution is 5.94. The maximum Gasteiger partial charge on any atom is 0.450 e. The van der Waals surface area contributed by atoms with Crippen LogP contribution in [0.5, 0.6) is 0 Å². The molecule has 4 aromatic rings. The van der Waals surface area contributed by atoms with E-state index in [-0.39, 0.29) is 39.1 Å². The molecule has 0 saturated carbocycles. The van der Waals surface area contributed by atoms with Crippen LogP contribution in [0.2, 0.25) is 0 Å². The highest BCUT2D eigenvalue weighted by Gasteiger charge is 2.49. The lowest BCUT2D eigenvalue weighted by molar-refractivity contribution is -0.660. The van der Waals surface area contributed by atoms with Gasteiger partial charge >= 0.3 is 12.4 Å². The number of alkyl halides is 6. The number of rotatable bonds is 3. The van der Waals surface area contributed by atoms with E-state index in [1.807, 2.05) is 0 Å². The lowest BCUT2D eigenvalue weighted by atomic mass is 9.86. The van der Waals surface area contributed by atoms with E-state index in [0.29, 0.717) is 0 Å². The number of furan rings is 1. The van der Waals surface area contributed by atoms with Gasteiger partial charge in [0.2, 0.25) is 11.5 Å². The highest BCUT2D eigenvalue weighted by atomic mass is 19.4. The van der Waals surface area contributed by atoms with E-state index in [0.717, 1.165) is 6.07 Å². The Labute approximate surface area is 215 Å². The van der Waals surface area contributed by atoms with E-state index >= 15 is 0 Å². The largest absolute Gasteiger partial charge is 0.451 e. The Morgan fingerprint density at radius 2 is 1.56 bits per heavy atom. The second kappa shape index (κ2) is 8.68. The maximum absolute atomic E-state index is 14.3. The smallest absolute Gasteiger partial charge is 0.450 e. The topological polar surface area (TPSA) is 17.0 Å². The fourth-order valence-corrected chi connectivity index (χ4v) is 4.53. The summed E-state index contributed by atoms with van der Waals surface area (Å²) in [6, 6.07) is 7.62. The van der Waals surface area contributed by atoms with Gasteiger partial charge in [-0.2, -0.15) is 26.3 Å². The van der Waals surface area contributed by atoms with Crippen molar-refractivity contribution in [3.05, 3.63) is 76.2 Å². The fourth-order valence-electron chi connectivity index (χ4n) is 4.53. The van der Waals surface area contributed by atoms with Crippen molar-refractivity contribution in [1.82, 2.24) is 0 Å². The van der Waals surface area contributed by atoms with E-state index < -0.39 is 59.8 Å². The molecule has 0 N–H and O–H groups in total. The number of benzene rings is 2. The zero-order chi connectivity index (χ0) is 32.7. The maximum atomic E-state index is 14.3. The zero-order valence-corrected chi connectivity index (χ0v) is 19.7. The van der Waals surface area contributed by atoms with Crippen molar-refractivity contribution < 1.29 is 44.9 Å². The Morgan fingerprint density at radius 1 is 0.917 bits per heavy atom. The first-order valence-corrected chi connectivity index (χ1v) is 10.7. The highest BCUT2D eigenvalue weighted by Crippen LogP contribution is 2.50. The molecule has 0 fully saturated rings. The molecule has 2 aromatic heterocycles. The Bertz CT molecular complexity index is 1690. The standard InChI is InChI=1S/C28H26F6NO/c1-14(2)21-23(19-13-18(10-11-35(19)6)22-15(3)8-7-9-16(22)4)17(5)12-20-24(21)25(27(29,30)31)26(36-20)28(32,33)34/h7-14H,1-6H3/q+1/i3D3,4D3,14D. The molecule has 0 spiro atoms.